The Bertz CT molecular complexity index is 915. The van der Waals surface area contributed by atoms with Gasteiger partial charge in [0.2, 0.25) is 0 Å². The monoisotopic (exact) mass is 375 g/mol. The predicted molar refractivity (Wildman–Crippen MR) is 98.7 cm³/mol. The molecule has 3 nitrogen and oxygen atoms in total. The van der Waals surface area contributed by atoms with Gasteiger partial charge in [-0.05, 0) is 53.5 Å². The maximum Gasteiger partial charge on any atom is 0.491 e. The molecule has 2 heterocycles. The smallest absolute Gasteiger partial charge is 0.423 e. The highest BCUT2D eigenvalue weighted by Gasteiger charge is 2.27. The first-order valence-electron chi connectivity index (χ1n) is 7.35. The summed E-state index contributed by atoms with van der Waals surface area (Å²) in [6.07, 6.45) is 1.99. The van der Waals surface area contributed by atoms with Crippen LogP contribution >= 0.6 is 35.0 Å². The normalized spacial score (nSPS) is 13.4. The first kappa shape index (κ1) is 16.1. The summed E-state index contributed by atoms with van der Waals surface area (Å²) in [4.78, 5) is 1.01. The maximum atomic E-state index is 9.90. The third-order valence-electron chi connectivity index (χ3n) is 3.90. The Morgan fingerprint density at radius 1 is 1.08 bits per heavy atom. The fraction of sp³-hybridized carbons (Fsp3) is 0.0588. The van der Waals surface area contributed by atoms with E-state index in [-0.39, 0.29) is 0 Å². The van der Waals surface area contributed by atoms with Crippen molar-refractivity contribution in [3.8, 4) is 5.69 Å². The summed E-state index contributed by atoms with van der Waals surface area (Å²) in [5.74, 6) is 0. The molecule has 24 heavy (non-hydrogen) atoms. The number of aromatic nitrogens is 1. The van der Waals surface area contributed by atoms with Crippen molar-refractivity contribution in [3.05, 3.63) is 70.3 Å². The third kappa shape index (κ3) is 2.98. The SMILES string of the molecule is OB1OCc2ccc(-n3cccc3Sc3ccc(Cl)c(Cl)c3)cc21. The molecule has 7 heteroatoms. The van der Waals surface area contributed by atoms with Crippen molar-refractivity contribution < 1.29 is 9.68 Å². The Hall–Kier alpha value is -1.37. The van der Waals surface area contributed by atoms with E-state index >= 15 is 0 Å². The van der Waals surface area contributed by atoms with Crippen LogP contribution in [0.25, 0.3) is 5.69 Å². The van der Waals surface area contributed by atoms with E-state index in [2.05, 4.69) is 4.57 Å². The first-order chi connectivity index (χ1) is 11.6. The summed E-state index contributed by atoms with van der Waals surface area (Å²) < 4.78 is 7.33. The van der Waals surface area contributed by atoms with E-state index in [1.54, 1.807) is 17.8 Å². The molecule has 0 bridgehead atoms. The van der Waals surface area contributed by atoms with Gasteiger partial charge in [0.15, 0.2) is 0 Å². The summed E-state index contributed by atoms with van der Waals surface area (Å²) in [7, 11) is -0.846. The second-order valence-electron chi connectivity index (χ2n) is 5.44. The Labute approximate surface area is 154 Å². The molecule has 1 aliphatic heterocycles. The minimum absolute atomic E-state index is 0.452. The van der Waals surface area contributed by atoms with E-state index in [0.717, 1.165) is 26.6 Å². The molecule has 0 spiro atoms. The van der Waals surface area contributed by atoms with Gasteiger partial charge >= 0.3 is 7.12 Å². The Morgan fingerprint density at radius 2 is 1.96 bits per heavy atom. The van der Waals surface area contributed by atoms with Crippen molar-refractivity contribution in [2.75, 3.05) is 0 Å². The van der Waals surface area contributed by atoms with Crippen LogP contribution in [-0.4, -0.2) is 16.7 Å². The predicted octanol–water partition coefficient (Wildman–Crippen LogP) is 4.15. The van der Waals surface area contributed by atoms with Gasteiger partial charge in [-0.3, -0.25) is 0 Å². The van der Waals surface area contributed by atoms with E-state index < -0.39 is 7.12 Å². The molecule has 0 aliphatic carbocycles. The van der Waals surface area contributed by atoms with Gasteiger partial charge in [-0.1, -0.05) is 41.0 Å². The zero-order valence-electron chi connectivity index (χ0n) is 12.4. The summed E-state index contributed by atoms with van der Waals surface area (Å²) in [6, 6.07) is 15.6. The van der Waals surface area contributed by atoms with Crippen LogP contribution in [0, 0.1) is 0 Å². The number of benzene rings is 2. The molecule has 1 aliphatic rings. The molecular weight excluding hydrogens is 364 g/mol. The standard InChI is InChI=1S/C17H12BCl2NO2S/c19-15-6-5-13(9-16(15)20)24-17-2-1-7-21(17)12-4-3-11-10-23-18(22)14(11)8-12/h1-9,22H,10H2. The van der Waals surface area contributed by atoms with Crippen LogP contribution in [0.3, 0.4) is 0 Å². The van der Waals surface area contributed by atoms with Crippen LogP contribution in [0.15, 0.2) is 64.6 Å². The molecule has 0 saturated heterocycles. The van der Waals surface area contributed by atoms with Gasteiger partial charge in [-0.15, -0.1) is 0 Å². The molecule has 1 N–H and O–H groups in total. The summed E-state index contributed by atoms with van der Waals surface area (Å²) in [6.45, 7) is 0.452. The summed E-state index contributed by atoms with van der Waals surface area (Å²) >= 11 is 13.7. The zero-order valence-corrected chi connectivity index (χ0v) is 14.8. The molecule has 0 atom stereocenters. The summed E-state index contributed by atoms with van der Waals surface area (Å²) in [5, 5.41) is 12.0. The van der Waals surface area contributed by atoms with Gasteiger partial charge < -0.3 is 14.2 Å². The number of halogens is 2. The van der Waals surface area contributed by atoms with Gasteiger partial charge in [0, 0.05) is 16.8 Å². The van der Waals surface area contributed by atoms with Crippen LogP contribution in [0.1, 0.15) is 5.56 Å². The van der Waals surface area contributed by atoms with Crippen molar-refractivity contribution >= 4 is 47.5 Å². The largest absolute Gasteiger partial charge is 0.491 e. The lowest BCUT2D eigenvalue weighted by Crippen LogP contribution is -2.28. The molecule has 0 saturated carbocycles. The van der Waals surface area contributed by atoms with E-state index in [1.165, 1.54) is 0 Å². The van der Waals surface area contributed by atoms with Gasteiger partial charge in [0.05, 0.1) is 21.7 Å². The minimum atomic E-state index is -0.846. The molecule has 2 aromatic carbocycles. The molecular formula is C17H12BCl2NO2S. The van der Waals surface area contributed by atoms with Crippen LogP contribution < -0.4 is 5.46 Å². The molecule has 0 amide bonds. The van der Waals surface area contributed by atoms with E-state index in [1.807, 2.05) is 48.7 Å². The second-order valence-corrected chi connectivity index (χ2v) is 7.35. The van der Waals surface area contributed by atoms with E-state index in [9.17, 15) is 5.02 Å². The Kier molecular flexibility index (Phi) is 4.37. The second kappa shape index (κ2) is 6.50. The molecule has 1 aromatic heterocycles. The van der Waals surface area contributed by atoms with Crippen molar-refractivity contribution in [2.45, 2.75) is 16.5 Å². The van der Waals surface area contributed by atoms with Crippen molar-refractivity contribution in [2.24, 2.45) is 0 Å². The quantitative estimate of drug-likeness (QED) is 0.698. The number of nitrogens with zero attached hydrogens (tertiary/aromatic N) is 1. The molecule has 0 unspecified atom stereocenters. The highest BCUT2D eigenvalue weighted by Crippen LogP contribution is 2.34. The van der Waals surface area contributed by atoms with Crippen LogP contribution in [-0.2, 0) is 11.3 Å². The maximum absolute atomic E-state index is 9.90. The molecule has 120 valence electrons. The zero-order chi connectivity index (χ0) is 16.7. The average molecular weight is 376 g/mol. The molecule has 4 rings (SSSR count). The van der Waals surface area contributed by atoms with Crippen molar-refractivity contribution in [3.63, 3.8) is 0 Å². The van der Waals surface area contributed by atoms with Crippen LogP contribution in [0.5, 0.6) is 0 Å². The van der Waals surface area contributed by atoms with E-state index in [0.29, 0.717) is 16.7 Å². The van der Waals surface area contributed by atoms with E-state index in [4.69, 9.17) is 27.9 Å². The highest BCUT2D eigenvalue weighted by molar-refractivity contribution is 7.99. The lowest BCUT2D eigenvalue weighted by Gasteiger charge is -2.11. The van der Waals surface area contributed by atoms with Gasteiger partial charge in [-0.2, -0.15) is 0 Å². The number of fused-ring (bicyclic) bond motifs is 1. The fourth-order valence-corrected chi connectivity index (χ4v) is 4.00. The minimum Gasteiger partial charge on any atom is -0.423 e. The molecule has 0 radical (unpaired) electrons. The van der Waals surface area contributed by atoms with Crippen LogP contribution in [0.4, 0.5) is 0 Å². The number of rotatable bonds is 3. The van der Waals surface area contributed by atoms with Gasteiger partial charge in [-0.25, -0.2) is 0 Å². The Morgan fingerprint density at radius 3 is 2.79 bits per heavy atom. The molecule has 0 fully saturated rings. The summed E-state index contributed by atoms with van der Waals surface area (Å²) in [5.41, 5.74) is 2.83. The topological polar surface area (TPSA) is 34.4 Å². The molecule has 3 aromatic rings. The fourth-order valence-electron chi connectivity index (χ4n) is 2.67. The van der Waals surface area contributed by atoms with Crippen molar-refractivity contribution in [1.29, 1.82) is 0 Å². The highest BCUT2D eigenvalue weighted by atomic mass is 35.5. The Balaban J connectivity index is 1.68. The van der Waals surface area contributed by atoms with Gasteiger partial charge in [0.1, 0.15) is 0 Å². The van der Waals surface area contributed by atoms with Crippen molar-refractivity contribution in [1.82, 2.24) is 4.57 Å². The number of hydrogen-bond donors (Lipinski definition) is 1. The first-order valence-corrected chi connectivity index (χ1v) is 8.92. The van der Waals surface area contributed by atoms with Crippen LogP contribution in [0.2, 0.25) is 10.0 Å². The lowest BCUT2D eigenvalue weighted by atomic mass is 9.79. The lowest BCUT2D eigenvalue weighted by molar-refractivity contribution is 0.275. The average Bonchev–Trinajstić information content (AvgIpc) is 3.18. The number of hydrogen-bond acceptors (Lipinski definition) is 3. The third-order valence-corrected chi connectivity index (χ3v) is 5.67. The van der Waals surface area contributed by atoms with Gasteiger partial charge in [0.25, 0.3) is 0 Å².